The normalized spacial score (nSPS) is 11.8. The van der Waals surface area contributed by atoms with Gasteiger partial charge in [0.15, 0.2) is 11.6 Å². The topological polar surface area (TPSA) is 87.2 Å². The average Bonchev–Trinajstić information content (AvgIpc) is 3.10. The van der Waals surface area contributed by atoms with Crippen molar-refractivity contribution in [2.24, 2.45) is 0 Å². The lowest BCUT2D eigenvalue weighted by molar-refractivity contribution is 0.0934. The van der Waals surface area contributed by atoms with Gasteiger partial charge in [-0.05, 0) is 31.2 Å². The first kappa shape index (κ1) is 17.5. The molecule has 0 saturated heterocycles. The van der Waals surface area contributed by atoms with Crippen LogP contribution in [0.15, 0.2) is 54.6 Å². The molecule has 7 heteroatoms. The van der Waals surface area contributed by atoms with Crippen LogP contribution in [0.25, 0.3) is 0 Å². The third-order valence-electron chi connectivity index (χ3n) is 3.83. The van der Waals surface area contributed by atoms with E-state index >= 15 is 0 Å². The Morgan fingerprint density at radius 1 is 1.27 bits per heavy atom. The minimum atomic E-state index is -0.457. The van der Waals surface area contributed by atoms with Gasteiger partial charge in [0.05, 0.1) is 11.7 Å². The van der Waals surface area contributed by atoms with E-state index in [4.69, 9.17) is 4.74 Å². The molecule has 0 aliphatic carbocycles. The molecule has 0 bridgehead atoms. The number of amides is 1. The van der Waals surface area contributed by atoms with Gasteiger partial charge in [-0.3, -0.25) is 9.89 Å². The Hall–Kier alpha value is -3.35. The molecule has 3 rings (SSSR count). The van der Waals surface area contributed by atoms with E-state index in [1.807, 2.05) is 0 Å². The van der Waals surface area contributed by atoms with Crippen molar-refractivity contribution in [1.29, 1.82) is 0 Å². The predicted octanol–water partition coefficient (Wildman–Crippen LogP) is 3.32. The van der Waals surface area contributed by atoms with Crippen LogP contribution in [0.3, 0.4) is 0 Å². The predicted molar refractivity (Wildman–Crippen MR) is 93.3 cm³/mol. The highest BCUT2D eigenvalue weighted by Gasteiger charge is 2.16. The number of carbonyl (C=O) groups is 1. The number of hydrogen-bond donors (Lipinski definition) is 3. The molecule has 0 radical (unpaired) electrons. The summed E-state index contributed by atoms with van der Waals surface area (Å²) < 4.78 is 18.9. The number of benzene rings is 2. The second kappa shape index (κ2) is 7.69. The van der Waals surface area contributed by atoms with Crippen molar-refractivity contribution in [3.8, 4) is 11.5 Å². The van der Waals surface area contributed by atoms with Gasteiger partial charge in [-0.2, -0.15) is 5.10 Å². The summed E-state index contributed by atoms with van der Waals surface area (Å²) in [6.45, 7) is 1.82. The average molecular weight is 355 g/mol. The number of phenolic OH excluding ortho intramolecular Hbond substituents is 1. The summed E-state index contributed by atoms with van der Waals surface area (Å²) in [5.41, 5.74) is 1.33. The summed E-state index contributed by atoms with van der Waals surface area (Å²) in [5, 5.41) is 19.3. The van der Waals surface area contributed by atoms with Crippen LogP contribution in [0.1, 0.15) is 34.7 Å². The molecular weight excluding hydrogens is 337 g/mol. The molecule has 0 unspecified atom stereocenters. The molecule has 3 aromatic rings. The number of para-hydroxylation sites is 2. The number of nitrogens with zero attached hydrogens (tertiary/aromatic N) is 1. The van der Waals surface area contributed by atoms with Crippen molar-refractivity contribution in [3.63, 3.8) is 0 Å². The fourth-order valence-electron chi connectivity index (χ4n) is 2.47. The fraction of sp³-hybridized carbons (Fsp3) is 0.158. The van der Waals surface area contributed by atoms with Crippen LogP contribution < -0.4 is 10.1 Å². The quantitative estimate of drug-likeness (QED) is 0.633. The van der Waals surface area contributed by atoms with E-state index in [0.29, 0.717) is 11.3 Å². The van der Waals surface area contributed by atoms with E-state index in [-0.39, 0.29) is 23.8 Å². The Labute approximate surface area is 149 Å². The number of aromatic hydroxyl groups is 1. The molecule has 2 aromatic carbocycles. The van der Waals surface area contributed by atoms with Gasteiger partial charge in [-0.15, -0.1) is 0 Å². The standard InChI is InChI=1S/C19H18FN3O3/c1-12(14-6-2-4-8-17(14)24)21-19(25)16-10-13(22-23-16)11-26-18-9-5-3-7-15(18)20/h2-10,12,24H,11H2,1H3,(H,21,25)(H,22,23)/t12-/m0/s1. The van der Waals surface area contributed by atoms with Crippen LogP contribution >= 0.6 is 0 Å². The van der Waals surface area contributed by atoms with E-state index in [1.165, 1.54) is 18.2 Å². The van der Waals surface area contributed by atoms with Gasteiger partial charge in [0, 0.05) is 5.56 Å². The second-order valence-electron chi connectivity index (χ2n) is 5.75. The summed E-state index contributed by atoms with van der Waals surface area (Å²) >= 11 is 0. The third-order valence-corrected chi connectivity index (χ3v) is 3.83. The number of ether oxygens (including phenoxy) is 1. The van der Waals surface area contributed by atoms with Gasteiger partial charge in [0.25, 0.3) is 5.91 Å². The van der Waals surface area contributed by atoms with Crippen LogP contribution in [0, 0.1) is 5.82 Å². The number of halogens is 1. The second-order valence-corrected chi connectivity index (χ2v) is 5.75. The summed E-state index contributed by atoms with van der Waals surface area (Å²) in [6, 6.07) is 14.0. The van der Waals surface area contributed by atoms with Gasteiger partial charge < -0.3 is 15.2 Å². The van der Waals surface area contributed by atoms with Gasteiger partial charge in [0.2, 0.25) is 0 Å². The molecule has 1 atom stereocenters. The highest BCUT2D eigenvalue weighted by molar-refractivity contribution is 5.92. The molecule has 1 amide bonds. The lowest BCUT2D eigenvalue weighted by Crippen LogP contribution is -2.27. The van der Waals surface area contributed by atoms with Crippen LogP contribution in [0.4, 0.5) is 4.39 Å². The molecule has 26 heavy (non-hydrogen) atoms. The number of phenols is 1. The summed E-state index contributed by atoms with van der Waals surface area (Å²) in [6.07, 6.45) is 0. The van der Waals surface area contributed by atoms with E-state index < -0.39 is 17.8 Å². The monoisotopic (exact) mass is 355 g/mol. The molecule has 0 aliphatic heterocycles. The SMILES string of the molecule is C[C@H](NC(=O)c1cc(COc2ccccc2F)[nH]n1)c1ccccc1O. The zero-order valence-corrected chi connectivity index (χ0v) is 14.1. The minimum absolute atomic E-state index is 0.0518. The highest BCUT2D eigenvalue weighted by atomic mass is 19.1. The molecule has 6 nitrogen and oxygen atoms in total. The lowest BCUT2D eigenvalue weighted by atomic mass is 10.1. The van der Waals surface area contributed by atoms with E-state index in [2.05, 4.69) is 15.5 Å². The fourth-order valence-corrected chi connectivity index (χ4v) is 2.47. The maximum absolute atomic E-state index is 13.5. The number of nitrogens with one attached hydrogen (secondary N) is 2. The van der Waals surface area contributed by atoms with Gasteiger partial charge >= 0.3 is 0 Å². The molecule has 1 aromatic heterocycles. The Balaban J connectivity index is 1.61. The van der Waals surface area contributed by atoms with Crippen molar-refractivity contribution < 1.29 is 19.0 Å². The van der Waals surface area contributed by atoms with E-state index in [0.717, 1.165) is 0 Å². The van der Waals surface area contributed by atoms with Crippen LogP contribution in [-0.2, 0) is 6.61 Å². The number of rotatable bonds is 6. The van der Waals surface area contributed by atoms with Crippen LogP contribution in [-0.4, -0.2) is 21.2 Å². The zero-order valence-electron chi connectivity index (χ0n) is 14.1. The summed E-state index contributed by atoms with van der Waals surface area (Å²) in [4.78, 5) is 12.3. The molecule has 0 spiro atoms. The third kappa shape index (κ3) is 4.00. The Morgan fingerprint density at radius 3 is 2.77 bits per heavy atom. The van der Waals surface area contributed by atoms with Crippen molar-refractivity contribution in [2.75, 3.05) is 0 Å². The maximum Gasteiger partial charge on any atom is 0.272 e. The van der Waals surface area contributed by atoms with Gasteiger partial charge in [-0.25, -0.2) is 4.39 Å². The van der Waals surface area contributed by atoms with E-state index in [1.54, 1.807) is 43.3 Å². The summed E-state index contributed by atoms with van der Waals surface area (Å²) in [7, 11) is 0. The lowest BCUT2D eigenvalue weighted by Gasteiger charge is -2.14. The first-order valence-corrected chi connectivity index (χ1v) is 8.05. The number of aromatic nitrogens is 2. The van der Waals surface area contributed by atoms with Crippen molar-refractivity contribution in [2.45, 2.75) is 19.6 Å². The van der Waals surface area contributed by atoms with Crippen LogP contribution in [0.5, 0.6) is 11.5 Å². The molecule has 134 valence electrons. The first-order chi connectivity index (χ1) is 12.5. The molecule has 3 N–H and O–H groups in total. The van der Waals surface area contributed by atoms with Crippen molar-refractivity contribution in [1.82, 2.24) is 15.5 Å². The highest BCUT2D eigenvalue weighted by Crippen LogP contribution is 2.23. The largest absolute Gasteiger partial charge is 0.508 e. The number of H-pyrrole nitrogens is 1. The number of aromatic amines is 1. The molecule has 1 heterocycles. The molecular formula is C19H18FN3O3. The summed E-state index contributed by atoms with van der Waals surface area (Å²) in [5.74, 6) is -0.613. The smallest absolute Gasteiger partial charge is 0.272 e. The number of carbonyl (C=O) groups excluding carboxylic acids is 1. The Kier molecular flexibility index (Phi) is 5.17. The Bertz CT molecular complexity index is 910. The van der Waals surface area contributed by atoms with Crippen molar-refractivity contribution in [3.05, 3.63) is 77.4 Å². The van der Waals surface area contributed by atoms with Gasteiger partial charge in [0.1, 0.15) is 18.1 Å². The zero-order chi connectivity index (χ0) is 18.5. The molecule has 0 aliphatic rings. The Morgan fingerprint density at radius 2 is 2.00 bits per heavy atom. The molecule has 0 fully saturated rings. The van der Waals surface area contributed by atoms with E-state index in [9.17, 15) is 14.3 Å². The first-order valence-electron chi connectivity index (χ1n) is 8.05. The minimum Gasteiger partial charge on any atom is -0.508 e. The van der Waals surface area contributed by atoms with Crippen LogP contribution in [0.2, 0.25) is 0 Å². The van der Waals surface area contributed by atoms with Crippen molar-refractivity contribution >= 4 is 5.91 Å². The maximum atomic E-state index is 13.5. The number of hydrogen-bond acceptors (Lipinski definition) is 4. The van der Waals surface area contributed by atoms with Gasteiger partial charge in [-0.1, -0.05) is 30.3 Å². The molecule has 0 saturated carbocycles.